The Labute approximate surface area is 102 Å². The predicted octanol–water partition coefficient (Wildman–Crippen LogP) is 2.09. The van der Waals surface area contributed by atoms with Crippen LogP contribution >= 0.6 is 0 Å². The molecule has 0 atom stereocenters. The molecule has 1 N–H and O–H groups in total. The molecule has 88 valence electrons. The molecule has 0 bridgehead atoms. The Kier molecular flexibility index (Phi) is 2.30. The van der Waals surface area contributed by atoms with Crippen molar-refractivity contribution in [1.82, 2.24) is 14.4 Å². The van der Waals surface area contributed by atoms with E-state index in [-0.39, 0.29) is 5.56 Å². The zero-order valence-electron chi connectivity index (χ0n) is 9.32. The number of aromatic nitrogens is 3. The van der Waals surface area contributed by atoms with Crippen molar-refractivity contribution >= 4 is 11.6 Å². The van der Waals surface area contributed by atoms with E-state index in [1.165, 1.54) is 0 Å². The van der Waals surface area contributed by atoms with Crippen LogP contribution in [0.2, 0.25) is 0 Å². The van der Waals surface area contributed by atoms with E-state index < -0.39 is 5.97 Å². The van der Waals surface area contributed by atoms with Crippen LogP contribution in [0.3, 0.4) is 0 Å². The van der Waals surface area contributed by atoms with E-state index in [1.807, 2.05) is 18.3 Å². The van der Waals surface area contributed by atoms with Gasteiger partial charge in [0.2, 0.25) is 0 Å². The maximum Gasteiger partial charge on any atom is 0.339 e. The summed E-state index contributed by atoms with van der Waals surface area (Å²) in [6.07, 6.45) is 8.52. The minimum absolute atomic E-state index is 0.182. The summed E-state index contributed by atoms with van der Waals surface area (Å²) < 4.78 is 1.70. The summed E-state index contributed by atoms with van der Waals surface area (Å²) in [5.74, 6) is -0.989. The van der Waals surface area contributed by atoms with Crippen molar-refractivity contribution < 1.29 is 9.90 Å². The Balaban J connectivity index is 2.29. The maximum absolute atomic E-state index is 11.2. The third kappa shape index (κ3) is 1.62. The average Bonchev–Trinajstić information content (AvgIpc) is 2.86. The molecular weight excluding hydrogens is 230 g/mol. The van der Waals surface area contributed by atoms with Crippen molar-refractivity contribution in [2.45, 2.75) is 0 Å². The maximum atomic E-state index is 11.2. The fraction of sp³-hybridized carbons (Fsp3) is 0. The van der Waals surface area contributed by atoms with Gasteiger partial charge in [0.1, 0.15) is 5.56 Å². The van der Waals surface area contributed by atoms with Gasteiger partial charge in [-0.1, -0.05) is 6.07 Å². The van der Waals surface area contributed by atoms with Crippen molar-refractivity contribution in [3.8, 4) is 11.1 Å². The standard InChI is InChI=1S/C13H9N3O2/c17-13(18)11-6-10(9-2-1-3-14-7-9)8-16-5-4-15-12(11)16/h1-8H,(H,17,18). The normalized spacial score (nSPS) is 10.7. The second-order valence-corrected chi connectivity index (χ2v) is 3.85. The summed E-state index contributed by atoms with van der Waals surface area (Å²) in [6.45, 7) is 0. The second kappa shape index (κ2) is 3.96. The number of nitrogens with zero attached hydrogens (tertiary/aromatic N) is 3. The Morgan fingerprint density at radius 1 is 1.28 bits per heavy atom. The van der Waals surface area contributed by atoms with Crippen molar-refractivity contribution in [1.29, 1.82) is 0 Å². The van der Waals surface area contributed by atoms with Crippen LogP contribution in [0.4, 0.5) is 0 Å². The molecule has 0 aliphatic heterocycles. The van der Waals surface area contributed by atoms with E-state index >= 15 is 0 Å². The largest absolute Gasteiger partial charge is 0.478 e. The summed E-state index contributed by atoms with van der Waals surface area (Å²) in [4.78, 5) is 19.3. The van der Waals surface area contributed by atoms with Gasteiger partial charge >= 0.3 is 5.97 Å². The minimum Gasteiger partial charge on any atom is -0.478 e. The molecule has 0 saturated heterocycles. The van der Waals surface area contributed by atoms with Gasteiger partial charge in [0.25, 0.3) is 0 Å². The van der Waals surface area contributed by atoms with Gasteiger partial charge in [-0.05, 0) is 12.1 Å². The molecule has 3 aromatic heterocycles. The van der Waals surface area contributed by atoms with Gasteiger partial charge < -0.3 is 9.51 Å². The van der Waals surface area contributed by atoms with Gasteiger partial charge in [-0.2, -0.15) is 0 Å². The van der Waals surface area contributed by atoms with E-state index in [0.717, 1.165) is 11.1 Å². The number of aromatic carboxylic acids is 1. The Hall–Kier alpha value is -2.69. The van der Waals surface area contributed by atoms with Gasteiger partial charge in [-0.3, -0.25) is 4.98 Å². The van der Waals surface area contributed by atoms with Crippen LogP contribution in [0.15, 0.2) is 49.2 Å². The highest BCUT2D eigenvalue weighted by Gasteiger charge is 2.12. The summed E-state index contributed by atoms with van der Waals surface area (Å²) in [7, 11) is 0. The SMILES string of the molecule is O=C(O)c1cc(-c2cccnc2)cn2ccnc12. The van der Waals surface area contributed by atoms with Gasteiger partial charge in [0.05, 0.1) is 0 Å². The van der Waals surface area contributed by atoms with Crippen LogP contribution in [-0.2, 0) is 0 Å². The smallest absolute Gasteiger partial charge is 0.339 e. The second-order valence-electron chi connectivity index (χ2n) is 3.85. The Morgan fingerprint density at radius 2 is 2.17 bits per heavy atom. The number of hydrogen-bond donors (Lipinski definition) is 1. The number of carbonyl (C=O) groups is 1. The number of fused-ring (bicyclic) bond motifs is 1. The molecule has 0 aliphatic carbocycles. The summed E-state index contributed by atoms with van der Waals surface area (Å²) in [6, 6.07) is 5.31. The number of pyridine rings is 2. The first kappa shape index (κ1) is 10.5. The van der Waals surface area contributed by atoms with Gasteiger partial charge in [-0.15, -0.1) is 0 Å². The third-order valence-electron chi connectivity index (χ3n) is 2.71. The molecule has 0 amide bonds. The van der Waals surface area contributed by atoms with E-state index in [0.29, 0.717) is 5.65 Å². The molecule has 5 heteroatoms. The summed E-state index contributed by atoms with van der Waals surface area (Å²) >= 11 is 0. The molecule has 3 aromatic rings. The molecule has 0 unspecified atom stereocenters. The Bertz CT molecular complexity index is 719. The number of hydrogen-bond acceptors (Lipinski definition) is 3. The number of carboxylic acids is 1. The molecule has 18 heavy (non-hydrogen) atoms. The molecule has 0 spiro atoms. The number of carboxylic acid groups (broad SMARTS) is 1. The van der Waals surface area contributed by atoms with E-state index in [4.69, 9.17) is 0 Å². The van der Waals surface area contributed by atoms with Gasteiger partial charge in [0, 0.05) is 42.1 Å². The van der Waals surface area contributed by atoms with Crippen molar-refractivity contribution in [2.24, 2.45) is 0 Å². The average molecular weight is 239 g/mol. The lowest BCUT2D eigenvalue weighted by Gasteiger charge is -2.05. The first-order chi connectivity index (χ1) is 8.75. The van der Waals surface area contributed by atoms with E-state index in [1.54, 1.807) is 35.3 Å². The zero-order valence-corrected chi connectivity index (χ0v) is 9.32. The molecule has 0 fully saturated rings. The highest BCUT2D eigenvalue weighted by atomic mass is 16.4. The highest BCUT2D eigenvalue weighted by molar-refractivity contribution is 5.95. The van der Waals surface area contributed by atoms with Crippen LogP contribution in [0.1, 0.15) is 10.4 Å². The van der Waals surface area contributed by atoms with Gasteiger partial charge in [0.15, 0.2) is 5.65 Å². The van der Waals surface area contributed by atoms with E-state index in [2.05, 4.69) is 9.97 Å². The molecule has 3 rings (SSSR count). The first-order valence-electron chi connectivity index (χ1n) is 5.36. The lowest BCUT2D eigenvalue weighted by atomic mass is 10.1. The monoisotopic (exact) mass is 239 g/mol. The van der Waals surface area contributed by atoms with E-state index in [9.17, 15) is 9.90 Å². The predicted molar refractivity (Wildman–Crippen MR) is 65.4 cm³/mol. The van der Waals surface area contributed by atoms with Crippen molar-refractivity contribution in [3.63, 3.8) is 0 Å². The number of rotatable bonds is 2. The molecular formula is C13H9N3O2. The van der Waals surface area contributed by atoms with Crippen LogP contribution in [-0.4, -0.2) is 25.4 Å². The fourth-order valence-electron chi connectivity index (χ4n) is 1.88. The fourth-order valence-corrected chi connectivity index (χ4v) is 1.88. The molecule has 0 saturated carbocycles. The topological polar surface area (TPSA) is 67.5 Å². The number of imidazole rings is 1. The zero-order chi connectivity index (χ0) is 12.5. The minimum atomic E-state index is -0.989. The Morgan fingerprint density at radius 3 is 2.89 bits per heavy atom. The molecule has 0 aliphatic rings. The molecule has 0 radical (unpaired) electrons. The van der Waals surface area contributed by atoms with Crippen molar-refractivity contribution in [2.75, 3.05) is 0 Å². The van der Waals surface area contributed by atoms with Crippen LogP contribution in [0, 0.1) is 0 Å². The third-order valence-corrected chi connectivity index (χ3v) is 2.71. The highest BCUT2D eigenvalue weighted by Crippen LogP contribution is 2.21. The first-order valence-corrected chi connectivity index (χ1v) is 5.36. The van der Waals surface area contributed by atoms with Crippen LogP contribution < -0.4 is 0 Å². The molecule has 5 nitrogen and oxygen atoms in total. The summed E-state index contributed by atoms with van der Waals surface area (Å²) in [5.41, 5.74) is 2.29. The summed E-state index contributed by atoms with van der Waals surface area (Å²) in [5, 5.41) is 9.20. The van der Waals surface area contributed by atoms with Crippen LogP contribution in [0.5, 0.6) is 0 Å². The molecule has 3 heterocycles. The van der Waals surface area contributed by atoms with Gasteiger partial charge in [-0.25, -0.2) is 9.78 Å². The van der Waals surface area contributed by atoms with Crippen LogP contribution in [0.25, 0.3) is 16.8 Å². The molecule has 0 aromatic carbocycles. The van der Waals surface area contributed by atoms with Crippen molar-refractivity contribution in [3.05, 3.63) is 54.7 Å². The lowest BCUT2D eigenvalue weighted by molar-refractivity contribution is 0.0698. The lowest BCUT2D eigenvalue weighted by Crippen LogP contribution is -2.01. The quantitative estimate of drug-likeness (QED) is 0.743.